The van der Waals surface area contributed by atoms with Crippen molar-refractivity contribution in [2.24, 2.45) is 5.92 Å². The van der Waals surface area contributed by atoms with Crippen molar-refractivity contribution in [3.8, 4) is 0 Å². The van der Waals surface area contributed by atoms with Gasteiger partial charge in [0.15, 0.2) is 6.29 Å². The van der Waals surface area contributed by atoms with E-state index in [4.69, 9.17) is 4.74 Å². The Bertz CT molecular complexity index is 357. The fraction of sp³-hybridized carbons (Fsp3) is 0.786. The molecule has 1 aliphatic heterocycles. The second-order valence-electron chi connectivity index (χ2n) is 6.15. The topological polar surface area (TPSA) is 84.5 Å². The first kappa shape index (κ1) is 16.6. The smallest absolute Gasteiger partial charge is 0.408 e. The Kier molecular flexibility index (Phi) is 6.13. The van der Waals surface area contributed by atoms with Gasteiger partial charge in [0.1, 0.15) is 5.60 Å². The molecule has 0 radical (unpaired) electrons. The van der Waals surface area contributed by atoms with Gasteiger partial charge < -0.3 is 15.4 Å². The van der Waals surface area contributed by atoms with Crippen LogP contribution >= 0.6 is 0 Å². The maximum atomic E-state index is 11.7. The lowest BCUT2D eigenvalue weighted by Gasteiger charge is -2.27. The van der Waals surface area contributed by atoms with Crippen LogP contribution in [0.3, 0.4) is 0 Å². The van der Waals surface area contributed by atoms with Gasteiger partial charge in [0.2, 0.25) is 5.78 Å². The Labute approximate surface area is 119 Å². The highest BCUT2D eigenvalue weighted by molar-refractivity contribution is 6.27. The molecule has 1 fully saturated rings. The van der Waals surface area contributed by atoms with Crippen LogP contribution in [0.15, 0.2) is 0 Å². The second kappa shape index (κ2) is 7.38. The van der Waals surface area contributed by atoms with E-state index in [2.05, 4.69) is 10.6 Å². The third kappa shape index (κ3) is 6.14. The zero-order valence-electron chi connectivity index (χ0n) is 12.4. The van der Waals surface area contributed by atoms with Gasteiger partial charge in [-0.05, 0) is 59.0 Å². The Morgan fingerprint density at radius 3 is 2.45 bits per heavy atom. The summed E-state index contributed by atoms with van der Waals surface area (Å²) < 4.78 is 5.12. The predicted molar refractivity (Wildman–Crippen MR) is 74.4 cm³/mol. The molecule has 0 bridgehead atoms. The fourth-order valence-electron chi connectivity index (χ4n) is 2.23. The lowest BCUT2D eigenvalue weighted by molar-refractivity contribution is -0.131. The summed E-state index contributed by atoms with van der Waals surface area (Å²) in [5.41, 5.74) is -0.631. The summed E-state index contributed by atoms with van der Waals surface area (Å²) in [5, 5.41) is 5.75. The standard InChI is InChI=1S/C14H24N2O4/c1-14(2,3)20-13(19)16-11(12(18)9-17)8-10-4-6-15-7-5-10/h9-11,15H,4-8H2,1-3H3,(H,16,19). The van der Waals surface area contributed by atoms with Crippen LogP contribution in [-0.2, 0) is 14.3 Å². The minimum atomic E-state index is -0.787. The van der Waals surface area contributed by atoms with Gasteiger partial charge in [-0.3, -0.25) is 9.59 Å². The number of carbonyl (C=O) groups excluding carboxylic acids is 3. The number of nitrogens with one attached hydrogen (secondary N) is 2. The van der Waals surface area contributed by atoms with Crippen LogP contribution < -0.4 is 10.6 Å². The Morgan fingerprint density at radius 2 is 1.95 bits per heavy atom. The molecule has 0 aromatic heterocycles. The van der Waals surface area contributed by atoms with E-state index < -0.39 is 23.5 Å². The van der Waals surface area contributed by atoms with Crippen molar-refractivity contribution in [3.63, 3.8) is 0 Å². The van der Waals surface area contributed by atoms with Crippen LogP contribution in [0.25, 0.3) is 0 Å². The molecule has 2 N–H and O–H groups in total. The molecule has 1 amide bonds. The highest BCUT2D eigenvalue weighted by atomic mass is 16.6. The quantitative estimate of drug-likeness (QED) is 0.582. The number of hydrogen-bond acceptors (Lipinski definition) is 5. The van der Waals surface area contributed by atoms with E-state index in [-0.39, 0.29) is 6.29 Å². The average Bonchev–Trinajstić information content (AvgIpc) is 2.36. The molecule has 1 saturated heterocycles. The zero-order valence-corrected chi connectivity index (χ0v) is 12.4. The number of carbonyl (C=O) groups is 3. The second-order valence-corrected chi connectivity index (χ2v) is 6.15. The SMILES string of the molecule is CC(C)(C)OC(=O)NC(CC1CCNCC1)C(=O)C=O. The lowest BCUT2D eigenvalue weighted by Crippen LogP contribution is -2.45. The number of hydrogen-bond donors (Lipinski definition) is 2. The van der Waals surface area contributed by atoms with Crippen molar-refractivity contribution in [1.29, 1.82) is 0 Å². The normalized spacial score (nSPS) is 18.1. The molecule has 1 heterocycles. The van der Waals surface area contributed by atoms with E-state index in [1.807, 2.05) is 0 Å². The van der Waals surface area contributed by atoms with Crippen LogP contribution in [0.4, 0.5) is 4.79 Å². The van der Waals surface area contributed by atoms with Crippen molar-refractivity contribution in [1.82, 2.24) is 10.6 Å². The number of Topliss-reactive ketones (excluding diaryl/α,β-unsaturated/α-hetero) is 1. The van der Waals surface area contributed by atoms with E-state index in [1.54, 1.807) is 20.8 Å². The third-order valence-corrected chi connectivity index (χ3v) is 3.18. The van der Waals surface area contributed by atoms with Gasteiger partial charge in [-0.2, -0.15) is 0 Å². The fourth-order valence-corrected chi connectivity index (χ4v) is 2.23. The number of ether oxygens (including phenoxy) is 1. The van der Waals surface area contributed by atoms with E-state index in [1.165, 1.54) is 0 Å². The summed E-state index contributed by atoms with van der Waals surface area (Å²) >= 11 is 0. The van der Waals surface area contributed by atoms with Gasteiger partial charge in [-0.15, -0.1) is 0 Å². The van der Waals surface area contributed by atoms with Crippen LogP contribution in [0.2, 0.25) is 0 Å². The summed E-state index contributed by atoms with van der Waals surface area (Å²) in [5.74, 6) is -0.269. The van der Waals surface area contributed by atoms with Crippen molar-refractivity contribution < 1.29 is 19.1 Å². The summed E-state index contributed by atoms with van der Waals surface area (Å²) in [4.78, 5) is 34.1. The molecule has 0 aliphatic carbocycles. The monoisotopic (exact) mass is 284 g/mol. The molecular weight excluding hydrogens is 260 g/mol. The average molecular weight is 284 g/mol. The molecule has 1 aliphatic rings. The van der Waals surface area contributed by atoms with Crippen LogP contribution in [0.5, 0.6) is 0 Å². The Balaban J connectivity index is 2.57. The van der Waals surface area contributed by atoms with E-state index in [0.717, 1.165) is 25.9 Å². The molecule has 20 heavy (non-hydrogen) atoms. The molecule has 1 atom stereocenters. The van der Waals surface area contributed by atoms with Gasteiger partial charge >= 0.3 is 6.09 Å². The van der Waals surface area contributed by atoms with Crippen molar-refractivity contribution >= 4 is 18.2 Å². The molecule has 0 spiro atoms. The molecule has 114 valence electrons. The number of rotatable bonds is 5. The number of piperidine rings is 1. The number of alkyl carbamates (subject to hydrolysis) is 1. The summed E-state index contributed by atoms with van der Waals surface area (Å²) in [6.07, 6.45) is 1.98. The van der Waals surface area contributed by atoms with Crippen molar-refractivity contribution in [2.45, 2.75) is 51.7 Å². The largest absolute Gasteiger partial charge is 0.444 e. The Hall–Kier alpha value is -1.43. The molecule has 0 aromatic rings. The summed E-state index contributed by atoms with van der Waals surface area (Å²) in [7, 11) is 0. The first-order chi connectivity index (χ1) is 9.31. The maximum absolute atomic E-state index is 11.7. The third-order valence-electron chi connectivity index (χ3n) is 3.18. The summed E-state index contributed by atoms with van der Waals surface area (Å²) in [6.45, 7) is 7.04. The minimum absolute atomic E-state index is 0.267. The molecular formula is C14H24N2O4. The lowest BCUT2D eigenvalue weighted by atomic mass is 9.90. The zero-order chi connectivity index (χ0) is 15.2. The molecule has 1 unspecified atom stereocenters. The van der Waals surface area contributed by atoms with Gasteiger partial charge in [0.25, 0.3) is 0 Å². The molecule has 0 saturated carbocycles. The molecule has 0 aromatic carbocycles. The van der Waals surface area contributed by atoms with Crippen LogP contribution in [0.1, 0.15) is 40.0 Å². The minimum Gasteiger partial charge on any atom is -0.444 e. The van der Waals surface area contributed by atoms with E-state index in [0.29, 0.717) is 12.3 Å². The number of aldehydes is 1. The van der Waals surface area contributed by atoms with Gasteiger partial charge in [-0.25, -0.2) is 4.79 Å². The number of ketones is 1. The highest BCUT2D eigenvalue weighted by Gasteiger charge is 2.27. The van der Waals surface area contributed by atoms with Crippen molar-refractivity contribution in [2.75, 3.05) is 13.1 Å². The Morgan fingerprint density at radius 1 is 1.35 bits per heavy atom. The molecule has 6 heteroatoms. The van der Waals surface area contributed by atoms with E-state index in [9.17, 15) is 14.4 Å². The van der Waals surface area contributed by atoms with E-state index >= 15 is 0 Å². The highest BCUT2D eigenvalue weighted by Crippen LogP contribution is 2.18. The first-order valence-electron chi connectivity index (χ1n) is 7.01. The number of amides is 1. The summed E-state index contributed by atoms with van der Waals surface area (Å²) in [6, 6.07) is -0.787. The predicted octanol–water partition coefficient (Wildman–Crippen LogP) is 1.04. The van der Waals surface area contributed by atoms with Gasteiger partial charge in [0.05, 0.1) is 6.04 Å². The molecule has 1 rings (SSSR count). The first-order valence-corrected chi connectivity index (χ1v) is 7.01. The van der Waals surface area contributed by atoms with Crippen LogP contribution in [-0.4, -0.2) is 42.9 Å². The molecule has 6 nitrogen and oxygen atoms in total. The van der Waals surface area contributed by atoms with Gasteiger partial charge in [-0.1, -0.05) is 0 Å². The maximum Gasteiger partial charge on any atom is 0.408 e. The van der Waals surface area contributed by atoms with Crippen LogP contribution in [0, 0.1) is 5.92 Å². The van der Waals surface area contributed by atoms with Crippen molar-refractivity contribution in [3.05, 3.63) is 0 Å². The van der Waals surface area contributed by atoms with Gasteiger partial charge in [0, 0.05) is 0 Å².